The Labute approximate surface area is 111 Å². The summed E-state index contributed by atoms with van der Waals surface area (Å²) >= 11 is 0. The molecular weight excluding hydrogens is 246 g/mol. The van der Waals surface area contributed by atoms with Crippen molar-refractivity contribution in [2.24, 2.45) is 5.73 Å². The highest BCUT2D eigenvalue weighted by Gasteiger charge is 2.27. The minimum Gasteiger partial charge on any atom is -0.482 e. The topological polar surface area (TPSA) is 84.7 Å². The van der Waals surface area contributed by atoms with Gasteiger partial charge in [0.05, 0.1) is 5.69 Å². The molecule has 0 saturated heterocycles. The number of carbonyl (C=O) groups excluding carboxylic acids is 2. The lowest BCUT2D eigenvalue weighted by Gasteiger charge is -2.29. The van der Waals surface area contributed by atoms with Crippen LogP contribution in [0.15, 0.2) is 18.2 Å². The maximum absolute atomic E-state index is 11.9. The van der Waals surface area contributed by atoms with E-state index in [1.54, 1.807) is 12.1 Å². The summed E-state index contributed by atoms with van der Waals surface area (Å²) in [5.74, 6) is 0.123. The predicted molar refractivity (Wildman–Crippen MR) is 71.0 cm³/mol. The van der Waals surface area contributed by atoms with E-state index in [-0.39, 0.29) is 31.0 Å². The standard InChI is InChI=1S/C13H17N3O3/c1-8(14)9-3-4-11-10(5-9)16(6-12(17)15-2)13(18)7-19-11/h3-5,8H,6-7,14H2,1-2H3,(H,15,17). The van der Waals surface area contributed by atoms with Gasteiger partial charge in [-0.2, -0.15) is 0 Å². The molecule has 6 heteroatoms. The normalized spacial score (nSPS) is 15.5. The van der Waals surface area contributed by atoms with E-state index >= 15 is 0 Å². The summed E-state index contributed by atoms with van der Waals surface area (Å²) in [6, 6.07) is 5.28. The minimum absolute atomic E-state index is 0.0197. The van der Waals surface area contributed by atoms with E-state index in [1.807, 2.05) is 13.0 Å². The Hall–Kier alpha value is -2.08. The maximum atomic E-state index is 11.9. The molecular formula is C13H17N3O3. The van der Waals surface area contributed by atoms with Crippen LogP contribution in [0.25, 0.3) is 0 Å². The number of nitrogens with two attached hydrogens (primary N) is 1. The molecule has 102 valence electrons. The molecule has 1 aromatic rings. The molecule has 0 fully saturated rings. The fraction of sp³-hybridized carbons (Fsp3) is 0.385. The van der Waals surface area contributed by atoms with Gasteiger partial charge in [0.2, 0.25) is 5.91 Å². The number of rotatable bonds is 3. The summed E-state index contributed by atoms with van der Waals surface area (Å²) < 4.78 is 5.35. The van der Waals surface area contributed by atoms with Crippen molar-refractivity contribution in [3.8, 4) is 5.75 Å². The first-order chi connectivity index (χ1) is 9.02. The maximum Gasteiger partial charge on any atom is 0.265 e. The average Bonchev–Trinajstić information content (AvgIpc) is 2.41. The number of nitrogens with zero attached hydrogens (tertiary/aromatic N) is 1. The van der Waals surface area contributed by atoms with Gasteiger partial charge in [0.1, 0.15) is 12.3 Å². The van der Waals surface area contributed by atoms with Gasteiger partial charge in [0, 0.05) is 13.1 Å². The third-order valence-corrected chi connectivity index (χ3v) is 3.03. The molecule has 3 N–H and O–H groups in total. The van der Waals surface area contributed by atoms with Crippen molar-refractivity contribution < 1.29 is 14.3 Å². The van der Waals surface area contributed by atoms with Crippen LogP contribution < -0.4 is 20.7 Å². The molecule has 1 heterocycles. The smallest absolute Gasteiger partial charge is 0.265 e. The van der Waals surface area contributed by atoms with Gasteiger partial charge in [-0.05, 0) is 24.6 Å². The quantitative estimate of drug-likeness (QED) is 0.814. The molecule has 0 aromatic heterocycles. The van der Waals surface area contributed by atoms with Crippen molar-refractivity contribution in [2.45, 2.75) is 13.0 Å². The number of hydrogen-bond donors (Lipinski definition) is 2. The highest BCUT2D eigenvalue weighted by molar-refractivity contribution is 6.02. The van der Waals surface area contributed by atoms with E-state index in [0.717, 1.165) is 5.56 Å². The van der Waals surface area contributed by atoms with Crippen molar-refractivity contribution in [1.29, 1.82) is 0 Å². The number of amides is 2. The third-order valence-electron chi connectivity index (χ3n) is 3.03. The second-order valence-corrected chi connectivity index (χ2v) is 4.46. The Kier molecular flexibility index (Phi) is 3.71. The summed E-state index contributed by atoms with van der Waals surface area (Å²) in [5.41, 5.74) is 7.31. The number of fused-ring (bicyclic) bond motifs is 1. The van der Waals surface area contributed by atoms with Gasteiger partial charge in [-0.1, -0.05) is 6.07 Å². The fourth-order valence-corrected chi connectivity index (χ4v) is 1.90. The number of nitrogens with one attached hydrogen (secondary N) is 1. The molecule has 2 rings (SSSR count). The summed E-state index contributed by atoms with van der Waals surface area (Å²) in [7, 11) is 1.53. The molecule has 19 heavy (non-hydrogen) atoms. The van der Waals surface area contributed by atoms with Gasteiger partial charge < -0.3 is 15.8 Å². The van der Waals surface area contributed by atoms with Crippen LogP contribution >= 0.6 is 0 Å². The van der Waals surface area contributed by atoms with Gasteiger partial charge in [-0.15, -0.1) is 0 Å². The van der Waals surface area contributed by atoms with E-state index in [2.05, 4.69) is 5.32 Å². The van der Waals surface area contributed by atoms with Gasteiger partial charge >= 0.3 is 0 Å². The number of hydrogen-bond acceptors (Lipinski definition) is 4. The van der Waals surface area contributed by atoms with Crippen molar-refractivity contribution in [2.75, 3.05) is 25.1 Å². The highest BCUT2D eigenvalue weighted by atomic mass is 16.5. The van der Waals surface area contributed by atoms with Crippen LogP contribution in [0.3, 0.4) is 0 Å². The zero-order valence-corrected chi connectivity index (χ0v) is 11.0. The lowest BCUT2D eigenvalue weighted by atomic mass is 10.1. The molecule has 1 aliphatic rings. The Morgan fingerprint density at radius 3 is 2.95 bits per heavy atom. The summed E-state index contributed by atoms with van der Waals surface area (Å²) in [6.45, 7) is 1.78. The van der Waals surface area contributed by atoms with Gasteiger partial charge in [0.25, 0.3) is 5.91 Å². The number of ether oxygens (including phenoxy) is 1. The van der Waals surface area contributed by atoms with Crippen molar-refractivity contribution in [3.05, 3.63) is 23.8 Å². The molecule has 0 aliphatic carbocycles. The predicted octanol–water partition coefficient (Wildman–Crippen LogP) is 0.178. The summed E-state index contributed by atoms with van der Waals surface area (Å²) in [5, 5.41) is 2.50. The van der Waals surface area contributed by atoms with Crippen molar-refractivity contribution in [3.63, 3.8) is 0 Å². The zero-order valence-electron chi connectivity index (χ0n) is 11.0. The van der Waals surface area contributed by atoms with Crippen LogP contribution in [-0.4, -0.2) is 32.0 Å². The molecule has 0 radical (unpaired) electrons. The average molecular weight is 263 g/mol. The van der Waals surface area contributed by atoms with Gasteiger partial charge in [-0.25, -0.2) is 0 Å². The van der Waals surface area contributed by atoms with Gasteiger partial charge in [0.15, 0.2) is 6.61 Å². The van der Waals surface area contributed by atoms with E-state index in [4.69, 9.17) is 10.5 Å². The Morgan fingerprint density at radius 1 is 1.58 bits per heavy atom. The number of anilines is 1. The number of carbonyl (C=O) groups is 2. The number of likely N-dealkylation sites (N-methyl/N-ethyl adjacent to an activating group) is 1. The monoisotopic (exact) mass is 263 g/mol. The molecule has 2 amide bonds. The van der Waals surface area contributed by atoms with Crippen LogP contribution in [0.2, 0.25) is 0 Å². The third kappa shape index (κ3) is 2.68. The molecule has 1 aromatic carbocycles. The number of benzene rings is 1. The molecule has 6 nitrogen and oxygen atoms in total. The molecule has 0 spiro atoms. The first-order valence-corrected chi connectivity index (χ1v) is 6.06. The highest BCUT2D eigenvalue weighted by Crippen LogP contribution is 2.33. The van der Waals surface area contributed by atoms with Gasteiger partial charge in [-0.3, -0.25) is 14.5 Å². The minimum atomic E-state index is -0.238. The first kappa shape index (κ1) is 13.4. The second-order valence-electron chi connectivity index (χ2n) is 4.46. The Morgan fingerprint density at radius 2 is 2.32 bits per heavy atom. The Bertz CT molecular complexity index is 514. The second kappa shape index (κ2) is 5.27. The van der Waals surface area contributed by atoms with Crippen LogP contribution in [0.5, 0.6) is 5.75 Å². The van der Waals surface area contributed by atoms with Crippen LogP contribution in [-0.2, 0) is 9.59 Å². The Balaban J connectivity index is 2.38. The molecule has 0 bridgehead atoms. The summed E-state index contributed by atoms with van der Waals surface area (Å²) in [4.78, 5) is 24.8. The van der Waals surface area contributed by atoms with Crippen molar-refractivity contribution in [1.82, 2.24) is 5.32 Å². The van der Waals surface area contributed by atoms with E-state index in [9.17, 15) is 9.59 Å². The molecule has 0 saturated carbocycles. The van der Waals surface area contributed by atoms with E-state index in [0.29, 0.717) is 11.4 Å². The SMILES string of the molecule is CNC(=O)CN1C(=O)COc2ccc(C(C)N)cc21. The van der Waals surface area contributed by atoms with E-state index in [1.165, 1.54) is 11.9 Å². The summed E-state index contributed by atoms with van der Waals surface area (Å²) in [6.07, 6.45) is 0. The molecule has 1 atom stereocenters. The van der Waals surface area contributed by atoms with Crippen LogP contribution in [0.4, 0.5) is 5.69 Å². The van der Waals surface area contributed by atoms with Crippen LogP contribution in [0, 0.1) is 0 Å². The van der Waals surface area contributed by atoms with E-state index < -0.39 is 0 Å². The lowest BCUT2D eigenvalue weighted by molar-refractivity contribution is -0.125. The lowest BCUT2D eigenvalue weighted by Crippen LogP contribution is -2.44. The van der Waals surface area contributed by atoms with Crippen LogP contribution in [0.1, 0.15) is 18.5 Å². The molecule has 1 aliphatic heterocycles. The zero-order chi connectivity index (χ0) is 14.0. The molecule has 1 unspecified atom stereocenters. The van der Waals surface area contributed by atoms with Crippen molar-refractivity contribution >= 4 is 17.5 Å². The fourth-order valence-electron chi connectivity index (χ4n) is 1.90. The first-order valence-electron chi connectivity index (χ1n) is 6.06. The largest absolute Gasteiger partial charge is 0.482 e.